The zero-order chi connectivity index (χ0) is 15.5. The average Bonchev–Trinajstić information content (AvgIpc) is 2.59. The van der Waals surface area contributed by atoms with Crippen LogP contribution in [-0.4, -0.2) is 6.29 Å². The molecule has 22 heavy (non-hydrogen) atoms. The summed E-state index contributed by atoms with van der Waals surface area (Å²) in [7, 11) is 0. The first-order valence-electron chi connectivity index (χ1n) is 8.16. The van der Waals surface area contributed by atoms with Gasteiger partial charge in [0.1, 0.15) is 6.29 Å². The van der Waals surface area contributed by atoms with E-state index in [2.05, 4.69) is 66.7 Å². The molecule has 0 N–H and O–H groups in total. The molecule has 0 aromatic heterocycles. The van der Waals surface area contributed by atoms with Gasteiger partial charge < -0.3 is 4.79 Å². The Morgan fingerprint density at radius 1 is 0.682 bits per heavy atom. The molecule has 0 saturated carbocycles. The molecular formula is C21H24O. The lowest BCUT2D eigenvalue weighted by Gasteiger charge is -2.09. The summed E-state index contributed by atoms with van der Waals surface area (Å²) in [6.45, 7) is 0. The van der Waals surface area contributed by atoms with E-state index >= 15 is 0 Å². The van der Waals surface area contributed by atoms with E-state index in [-0.39, 0.29) is 0 Å². The van der Waals surface area contributed by atoms with Crippen LogP contribution in [0.5, 0.6) is 0 Å². The molecule has 1 nitrogen and oxygen atoms in total. The molecule has 0 spiro atoms. The molecule has 0 unspecified atom stereocenters. The standard InChI is InChI=1S/C21H24O/c22-18-12-4-2-1-3-11-17-21(19-13-7-5-8-14-19)20-15-9-6-10-16-20/h5-10,13-18H,1-4,11-12H2. The lowest BCUT2D eigenvalue weighted by atomic mass is 9.96. The van der Waals surface area contributed by atoms with Crippen molar-refractivity contribution >= 4 is 11.9 Å². The normalized spacial score (nSPS) is 10.2. The Morgan fingerprint density at radius 3 is 1.68 bits per heavy atom. The van der Waals surface area contributed by atoms with Crippen LogP contribution in [0.4, 0.5) is 0 Å². The lowest BCUT2D eigenvalue weighted by molar-refractivity contribution is -0.107. The highest BCUT2D eigenvalue weighted by atomic mass is 16.1. The summed E-state index contributed by atoms with van der Waals surface area (Å²) in [6, 6.07) is 21.1. The summed E-state index contributed by atoms with van der Waals surface area (Å²) >= 11 is 0. The molecule has 0 saturated heterocycles. The summed E-state index contributed by atoms with van der Waals surface area (Å²) in [4.78, 5) is 10.3. The number of unbranched alkanes of at least 4 members (excludes halogenated alkanes) is 5. The van der Waals surface area contributed by atoms with Gasteiger partial charge >= 0.3 is 0 Å². The van der Waals surface area contributed by atoms with Gasteiger partial charge in [0.05, 0.1) is 0 Å². The Hall–Kier alpha value is -2.15. The minimum absolute atomic E-state index is 0.703. The maximum absolute atomic E-state index is 10.3. The van der Waals surface area contributed by atoms with Crippen LogP contribution < -0.4 is 0 Å². The molecule has 2 aromatic carbocycles. The van der Waals surface area contributed by atoms with Crippen molar-refractivity contribution in [3.8, 4) is 0 Å². The van der Waals surface area contributed by atoms with E-state index in [1.807, 2.05) is 0 Å². The Balaban J connectivity index is 1.99. The Morgan fingerprint density at radius 2 is 1.18 bits per heavy atom. The maximum atomic E-state index is 10.3. The predicted molar refractivity (Wildman–Crippen MR) is 93.7 cm³/mol. The van der Waals surface area contributed by atoms with Crippen molar-refractivity contribution in [3.63, 3.8) is 0 Å². The van der Waals surface area contributed by atoms with Crippen LogP contribution in [0.2, 0.25) is 0 Å². The number of allylic oxidation sites excluding steroid dienone is 1. The van der Waals surface area contributed by atoms with Crippen LogP contribution in [0.25, 0.3) is 5.57 Å². The van der Waals surface area contributed by atoms with Gasteiger partial charge in [0, 0.05) is 6.42 Å². The first-order valence-corrected chi connectivity index (χ1v) is 8.16. The van der Waals surface area contributed by atoms with E-state index in [0.29, 0.717) is 6.42 Å². The second-order valence-corrected chi connectivity index (χ2v) is 5.51. The van der Waals surface area contributed by atoms with Crippen molar-refractivity contribution in [2.24, 2.45) is 0 Å². The summed E-state index contributed by atoms with van der Waals surface area (Å²) < 4.78 is 0. The number of carbonyl (C=O) groups excluding carboxylic acids is 1. The molecule has 1 heteroatoms. The summed E-state index contributed by atoms with van der Waals surface area (Å²) in [5, 5.41) is 0. The van der Waals surface area contributed by atoms with Crippen molar-refractivity contribution in [2.45, 2.75) is 38.5 Å². The topological polar surface area (TPSA) is 17.1 Å². The maximum Gasteiger partial charge on any atom is 0.119 e. The molecular weight excluding hydrogens is 268 g/mol. The number of rotatable bonds is 9. The van der Waals surface area contributed by atoms with Crippen molar-refractivity contribution in [3.05, 3.63) is 77.9 Å². The van der Waals surface area contributed by atoms with Gasteiger partial charge in [-0.15, -0.1) is 0 Å². The van der Waals surface area contributed by atoms with Gasteiger partial charge in [0.15, 0.2) is 0 Å². The van der Waals surface area contributed by atoms with E-state index in [4.69, 9.17) is 0 Å². The molecule has 0 heterocycles. The first kappa shape index (κ1) is 16.2. The number of benzene rings is 2. The Kier molecular flexibility index (Phi) is 7.17. The summed E-state index contributed by atoms with van der Waals surface area (Å²) in [6.07, 6.45) is 9.71. The van der Waals surface area contributed by atoms with Crippen molar-refractivity contribution in [1.82, 2.24) is 0 Å². The number of hydrogen-bond acceptors (Lipinski definition) is 1. The summed E-state index contributed by atoms with van der Waals surface area (Å²) in [5.41, 5.74) is 3.86. The van der Waals surface area contributed by atoms with E-state index < -0.39 is 0 Å². The fourth-order valence-electron chi connectivity index (χ4n) is 2.61. The van der Waals surface area contributed by atoms with Gasteiger partial charge in [-0.2, -0.15) is 0 Å². The molecule has 2 aromatic rings. The van der Waals surface area contributed by atoms with E-state index in [0.717, 1.165) is 25.5 Å². The van der Waals surface area contributed by atoms with Gasteiger partial charge in [-0.05, 0) is 36.0 Å². The molecule has 0 fully saturated rings. The molecule has 2 rings (SSSR count). The minimum Gasteiger partial charge on any atom is -0.303 e. The third-order valence-electron chi connectivity index (χ3n) is 3.79. The van der Waals surface area contributed by atoms with Crippen LogP contribution in [0, 0.1) is 0 Å². The van der Waals surface area contributed by atoms with Gasteiger partial charge in [0.2, 0.25) is 0 Å². The first-order chi connectivity index (χ1) is 10.9. The zero-order valence-electron chi connectivity index (χ0n) is 13.1. The van der Waals surface area contributed by atoms with Crippen molar-refractivity contribution < 1.29 is 4.79 Å². The highest BCUT2D eigenvalue weighted by Crippen LogP contribution is 2.24. The van der Waals surface area contributed by atoms with E-state index in [1.165, 1.54) is 29.5 Å². The van der Waals surface area contributed by atoms with Crippen LogP contribution in [0.15, 0.2) is 66.7 Å². The molecule has 114 valence electrons. The molecule has 0 bridgehead atoms. The SMILES string of the molecule is O=CCCCCCCC=C(c1ccccc1)c1ccccc1. The van der Waals surface area contributed by atoms with Crippen LogP contribution in [0.1, 0.15) is 49.7 Å². The lowest BCUT2D eigenvalue weighted by Crippen LogP contribution is -1.88. The fourth-order valence-corrected chi connectivity index (χ4v) is 2.61. The Labute approximate surface area is 133 Å². The molecule has 0 aliphatic heterocycles. The highest BCUT2D eigenvalue weighted by Gasteiger charge is 2.03. The van der Waals surface area contributed by atoms with Gasteiger partial charge in [-0.25, -0.2) is 0 Å². The molecule has 0 radical (unpaired) electrons. The number of hydrogen-bond donors (Lipinski definition) is 0. The number of carbonyl (C=O) groups is 1. The minimum atomic E-state index is 0.703. The smallest absolute Gasteiger partial charge is 0.119 e. The van der Waals surface area contributed by atoms with Crippen LogP contribution >= 0.6 is 0 Å². The predicted octanol–water partition coefficient (Wildman–Crippen LogP) is 5.66. The van der Waals surface area contributed by atoms with E-state index in [9.17, 15) is 4.79 Å². The average molecular weight is 292 g/mol. The molecule has 0 amide bonds. The second kappa shape index (κ2) is 9.73. The van der Waals surface area contributed by atoms with Crippen molar-refractivity contribution in [2.75, 3.05) is 0 Å². The molecule has 0 atom stereocenters. The number of aldehydes is 1. The van der Waals surface area contributed by atoms with Crippen LogP contribution in [0.3, 0.4) is 0 Å². The third kappa shape index (κ3) is 5.33. The molecule has 0 aliphatic carbocycles. The second-order valence-electron chi connectivity index (χ2n) is 5.51. The largest absolute Gasteiger partial charge is 0.303 e. The van der Waals surface area contributed by atoms with Gasteiger partial charge in [0.25, 0.3) is 0 Å². The fraction of sp³-hybridized carbons (Fsp3) is 0.286. The van der Waals surface area contributed by atoms with Gasteiger partial charge in [-0.3, -0.25) is 0 Å². The Bertz CT molecular complexity index is 528. The monoisotopic (exact) mass is 292 g/mol. The highest BCUT2D eigenvalue weighted by molar-refractivity contribution is 5.79. The summed E-state index contributed by atoms with van der Waals surface area (Å²) in [5.74, 6) is 0. The molecule has 0 aliphatic rings. The van der Waals surface area contributed by atoms with Crippen LogP contribution in [-0.2, 0) is 4.79 Å². The van der Waals surface area contributed by atoms with E-state index in [1.54, 1.807) is 0 Å². The quantitative estimate of drug-likeness (QED) is 0.430. The zero-order valence-corrected chi connectivity index (χ0v) is 13.1. The third-order valence-corrected chi connectivity index (χ3v) is 3.79. The van der Waals surface area contributed by atoms with Crippen molar-refractivity contribution in [1.29, 1.82) is 0 Å². The van der Waals surface area contributed by atoms with Gasteiger partial charge in [-0.1, -0.05) is 79.6 Å².